The maximum absolute atomic E-state index is 11.5. The van der Waals surface area contributed by atoms with Crippen LogP contribution in [0.3, 0.4) is 0 Å². The quantitative estimate of drug-likeness (QED) is 0.243. The molecule has 1 fully saturated rings. The van der Waals surface area contributed by atoms with E-state index in [9.17, 15) is 20.1 Å². The second-order valence-corrected chi connectivity index (χ2v) is 8.51. The molecule has 1 saturated carbocycles. The average molecular weight is 447 g/mol. The fourth-order valence-electron chi connectivity index (χ4n) is 3.93. The zero-order valence-corrected chi connectivity index (χ0v) is 19.2. The van der Waals surface area contributed by atoms with Crippen LogP contribution in [0.1, 0.15) is 51.0 Å². The van der Waals surface area contributed by atoms with Crippen LogP contribution in [0.5, 0.6) is 5.75 Å². The minimum Gasteiger partial charge on any atom is -0.491 e. The lowest BCUT2D eigenvalue weighted by atomic mass is 9.89. The van der Waals surface area contributed by atoms with E-state index in [0.29, 0.717) is 31.6 Å². The van der Waals surface area contributed by atoms with Crippen LogP contribution in [-0.4, -0.2) is 52.8 Å². The number of rotatable bonds is 13. The highest BCUT2D eigenvalue weighted by atomic mass is 16.5. The summed E-state index contributed by atoms with van der Waals surface area (Å²) in [5, 5.41) is 31.0. The molecule has 0 radical (unpaired) electrons. The molecule has 6 nitrogen and oxygen atoms in total. The van der Waals surface area contributed by atoms with Gasteiger partial charge in [0.05, 0.1) is 18.8 Å². The first-order chi connectivity index (χ1) is 15.4. The Kier molecular flexibility index (Phi) is 11.5. The zero-order valence-electron chi connectivity index (χ0n) is 19.2. The van der Waals surface area contributed by atoms with E-state index in [4.69, 9.17) is 9.47 Å². The topological polar surface area (TPSA) is 96.2 Å². The molecule has 0 saturated heterocycles. The van der Waals surface area contributed by atoms with Crippen molar-refractivity contribution in [3.05, 3.63) is 54.1 Å². The van der Waals surface area contributed by atoms with E-state index in [1.165, 1.54) is 0 Å². The number of hydrogen-bond donors (Lipinski definition) is 3. The molecular formula is C26H38O6. The standard InChI is InChI=1S/C26H38O6/c1-3-15-31-26(30)12-7-5-4-6-11-22-23(25(29)17-24(22)28)14-13-20(27)18-32-21-10-8-9-19(2)16-21/h4,6,8-10,13-14,16,20,22-25,27-29H,3,5,7,11-12,15,17-18H2,1-2H3/b6-4-,14-13+/t20-,22-,23-,24+,25-/m1/s1. The number of carbonyl (C=O) groups is 1. The van der Waals surface area contributed by atoms with Gasteiger partial charge >= 0.3 is 5.97 Å². The minimum absolute atomic E-state index is 0.114. The van der Waals surface area contributed by atoms with Gasteiger partial charge in [0, 0.05) is 18.8 Å². The molecule has 0 bridgehead atoms. The van der Waals surface area contributed by atoms with Crippen molar-refractivity contribution >= 4 is 5.97 Å². The number of benzene rings is 1. The summed E-state index contributed by atoms with van der Waals surface area (Å²) in [6.45, 7) is 4.54. The van der Waals surface area contributed by atoms with Crippen LogP contribution in [0.4, 0.5) is 0 Å². The fraction of sp³-hybridized carbons (Fsp3) is 0.577. The molecule has 5 atom stereocenters. The molecule has 0 heterocycles. The normalized spacial score (nSPS) is 24.3. The highest BCUT2D eigenvalue weighted by Crippen LogP contribution is 2.36. The second-order valence-electron chi connectivity index (χ2n) is 8.51. The molecule has 3 N–H and O–H groups in total. The van der Waals surface area contributed by atoms with Crippen molar-refractivity contribution in [2.75, 3.05) is 13.2 Å². The summed E-state index contributed by atoms with van der Waals surface area (Å²) >= 11 is 0. The molecular weight excluding hydrogens is 408 g/mol. The molecule has 0 aliphatic heterocycles. The summed E-state index contributed by atoms with van der Waals surface area (Å²) in [4.78, 5) is 11.5. The number of aliphatic hydroxyl groups is 3. The number of esters is 1. The van der Waals surface area contributed by atoms with Crippen LogP contribution >= 0.6 is 0 Å². The smallest absolute Gasteiger partial charge is 0.305 e. The van der Waals surface area contributed by atoms with E-state index in [-0.39, 0.29) is 24.4 Å². The van der Waals surface area contributed by atoms with Gasteiger partial charge in [-0.25, -0.2) is 0 Å². The van der Waals surface area contributed by atoms with Gasteiger partial charge in [-0.3, -0.25) is 4.79 Å². The van der Waals surface area contributed by atoms with Gasteiger partial charge in [-0.1, -0.05) is 43.4 Å². The maximum atomic E-state index is 11.5. The van der Waals surface area contributed by atoms with E-state index in [0.717, 1.165) is 24.8 Å². The third-order valence-corrected chi connectivity index (χ3v) is 5.68. The number of hydrogen-bond acceptors (Lipinski definition) is 6. The number of allylic oxidation sites excluding steroid dienone is 2. The summed E-state index contributed by atoms with van der Waals surface area (Å²) in [5.41, 5.74) is 1.09. The van der Waals surface area contributed by atoms with Crippen LogP contribution in [0.25, 0.3) is 0 Å². The predicted molar refractivity (Wildman–Crippen MR) is 124 cm³/mol. The Morgan fingerprint density at radius 3 is 2.81 bits per heavy atom. The molecule has 32 heavy (non-hydrogen) atoms. The van der Waals surface area contributed by atoms with Crippen LogP contribution < -0.4 is 4.74 Å². The molecule has 1 aliphatic carbocycles. The number of aliphatic hydroxyl groups excluding tert-OH is 3. The van der Waals surface area contributed by atoms with Gasteiger partial charge in [-0.15, -0.1) is 0 Å². The SMILES string of the molecule is CCCOC(=O)CCC/C=C\C[C@@H]1[C@@H](/C=C/[C@@H](O)COc2cccc(C)c2)[C@H](O)C[C@@H]1O. The van der Waals surface area contributed by atoms with Gasteiger partial charge in [0.25, 0.3) is 0 Å². The number of ether oxygens (including phenoxy) is 2. The van der Waals surface area contributed by atoms with Crippen molar-refractivity contribution < 1.29 is 29.6 Å². The highest BCUT2D eigenvalue weighted by molar-refractivity contribution is 5.69. The number of unbranched alkanes of at least 4 members (excludes halogenated alkanes) is 1. The third kappa shape index (κ3) is 9.15. The fourth-order valence-corrected chi connectivity index (χ4v) is 3.93. The van der Waals surface area contributed by atoms with Gasteiger partial charge in [-0.2, -0.15) is 0 Å². The van der Waals surface area contributed by atoms with Gasteiger partial charge in [0.2, 0.25) is 0 Å². The van der Waals surface area contributed by atoms with Crippen LogP contribution in [0, 0.1) is 18.8 Å². The molecule has 1 aromatic carbocycles. The Hall–Kier alpha value is -2.15. The van der Waals surface area contributed by atoms with Gasteiger partial charge in [-0.05, 0) is 56.2 Å². The van der Waals surface area contributed by atoms with Crippen molar-refractivity contribution in [1.82, 2.24) is 0 Å². The molecule has 0 unspecified atom stereocenters. The molecule has 1 aliphatic rings. The Morgan fingerprint density at radius 2 is 2.06 bits per heavy atom. The third-order valence-electron chi connectivity index (χ3n) is 5.68. The zero-order chi connectivity index (χ0) is 23.3. The van der Waals surface area contributed by atoms with E-state index in [1.54, 1.807) is 12.2 Å². The van der Waals surface area contributed by atoms with Gasteiger partial charge < -0.3 is 24.8 Å². The first-order valence-corrected chi connectivity index (χ1v) is 11.6. The lowest BCUT2D eigenvalue weighted by molar-refractivity contribution is -0.143. The summed E-state index contributed by atoms with van der Waals surface area (Å²) < 4.78 is 10.7. The molecule has 0 spiro atoms. The largest absolute Gasteiger partial charge is 0.491 e. The Morgan fingerprint density at radius 1 is 1.25 bits per heavy atom. The summed E-state index contributed by atoms with van der Waals surface area (Å²) in [6.07, 6.45) is 9.10. The average Bonchev–Trinajstić information content (AvgIpc) is 3.03. The molecule has 1 aromatic rings. The lowest BCUT2D eigenvalue weighted by Gasteiger charge is -2.19. The minimum atomic E-state index is -0.802. The van der Waals surface area contributed by atoms with E-state index < -0.39 is 18.3 Å². The van der Waals surface area contributed by atoms with Crippen LogP contribution in [0.15, 0.2) is 48.6 Å². The summed E-state index contributed by atoms with van der Waals surface area (Å²) in [5.74, 6) is 0.198. The van der Waals surface area contributed by atoms with Crippen molar-refractivity contribution in [2.24, 2.45) is 11.8 Å². The van der Waals surface area contributed by atoms with Crippen molar-refractivity contribution in [3.8, 4) is 5.75 Å². The summed E-state index contributed by atoms with van der Waals surface area (Å²) in [6, 6.07) is 7.63. The van der Waals surface area contributed by atoms with Crippen molar-refractivity contribution in [2.45, 2.75) is 70.7 Å². The molecule has 2 rings (SSSR count). The second kappa shape index (κ2) is 14.1. The summed E-state index contributed by atoms with van der Waals surface area (Å²) in [7, 11) is 0. The van der Waals surface area contributed by atoms with Gasteiger partial charge in [0.1, 0.15) is 18.5 Å². The first kappa shape index (κ1) is 26.1. The Balaban J connectivity index is 1.77. The van der Waals surface area contributed by atoms with Crippen molar-refractivity contribution in [1.29, 1.82) is 0 Å². The number of carbonyl (C=O) groups excluding carboxylic acids is 1. The lowest BCUT2D eigenvalue weighted by Crippen LogP contribution is -2.21. The maximum Gasteiger partial charge on any atom is 0.305 e. The van der Waals surface area contributed by atoms with Crippen LogP contribution in [-0.2, 0) is 9.53 Å². The van der Waals surface area contributed by atoms with Gasteiger partial charge in [0.15, 0.2) is 0 Å². The Labute approximate surface area is 191 Å². The van der Waals surface area contributed by atoms with Crippen molar-refractivity contribution in [3.63, 3.8) is 0 Å². The molecule has 178 valence electrons. The van der Waals surface area contributed by atoms with E-state index >= 15 is 0 Å². The first-order valence-electron chi connectivity index (χ1n) is 11.6. The predicted octanol–water partition coefficient (Wildman–Crippen LogP) is 3.72. The molecule has 6 heteroatoms. The molecule has 0 aromatic heterocycles. The van der Waals surface area contributed by atoms with Crippen LogP contribution in [0.2, 0.25) is 0 Å². The highest BCUT2D eigenvalue weighted by Gasteiger charge is 2.39. The molecule has 0 amide bonds. The number of aryl methyl sites for hydroxylation is 1. The van der Waals surface area contributed by atoms with E-state index in [1.807, 2.05) is 50.3 Å². The van der Waals surface area contributed by atoms with E-state index in [2.05, 4.69) is 0 Å². The monoisotopic (exact) mass is 446 g/mol. The Bertz CT molecular complexity index is 744.